The number of ketones is 1. The number of carbonyl (C=O) groups is 2. The van der Waals surface area contributed by atoms with E-state index < -0.39 is 6.10 Å². The highest BCUT2D eigenvalue weighted by Gasteiger charge is 2.47. The van der Waals surface area contributed by atoms with Gasteiger partial charge in [-0.15, -0.1) is 0 Å². The van der Waals surface area contributed by atoms with E-state index in [2.05, 4.69) is 67.1 Å². The smallest absolute Gasteiger partial charge is 0.271 e. The largest absolute Gasteiger partial charge is 0.364 e. The molecule has 43 heavy (non-hydrogen) atoms. The topological polar surface area (TPSA) is 56.5 Å². The van der Waals surface area contributed by atoms with Gasteiger partial charge in [0.1, 0.15) is 11.8 Å². The number of aromatic nitrogens is 2. The van der Waals surface area contributed by atoms with Crippen molar-refractivity contribution in [2.75, 3.05) is 0 Å². The van der Waals surface area contributed by atoms with Crippen molar-refractivity contribution in [2.45, 2.75) is 160 Å². The van der Waals surface area contributed by atoms with Crippen LogP contribution in [0.2, 0.25) is 0 Å². The molecule has 6 atom stereocenters. The molecule has 6 nitrogen and oxygen atoms in total. The van der Waals surface area contributed by atoms with Crippen LogP contribution in [0.3, 0.4) is 0 Å². The number of Topliss-reactive ketones (excluding diaryl/α,β-unsaturated/α-hetero) is 1. The zero-order valence-electron chi connectivity index (χ0n) is 27.4. The molecule has 2 aromatic rings. The quantitative estimate of drug-likeness (QED) is 0.360. The van der Waals surface area contributed by atoms with Crippen molar-refractivity contribution in [3.05, 3.63) is 48.0 Å². The molecule has 2 aromatic heterocycles. The van der Waals surface area contributed by atoms with Gasteiger partial charge in [0.25, 0.3) is 5.91 Å². The van der Waals surface area contributed by atoms with Gasteiger partial charge < -0.3 is 18.8 Å². The Balaban J connectivity index is 1.31. The van der Waals surface area contributed by atoms with E-state index in [4.69, 9.17) is 4.74 Å². The van der Waals surface area contributed by atoms with Crippen molar-refractivity contribution in [2.24, 2.45) is 11.3 Å². The van der Waals surface area contributed by atoms with E-state index in [9.17, 15) is 9.59 Å². The summed E-state index contributed by atoms with van der Waals surface area (Å²) in [5.74, 6) is 0.768. The summed E-state index contributed by atoms with van der Waals surface area (Å²) < 4.78 is 11.4. The minimum absolute atomic E-state index is 0.0178. The molecule has 0 saturated heterocycles. The average molecular weight is 590 g/mol. The van der Waals surface area contributed by atoms with Crippen LogP contribution in [0.15, 0.2) is 36.7 Å². The third kappa shape index (κ3) is 6.02. The van der Waals surface area contributed by atoms with Gasteiger partial charge in [0, 0.05) is 17.9 Å². The number of hydrogen-bond acceptors (Lipinski definition) is 3. The van der Waals surface area contributed by atoms with Crippen molar-refractivity contribution in [1.29, 1.82) is 0 Å². The van der Waals surface area contributed by atoms with Gasteiger partial charge in [-0.3, -0.25) is 9.59 Å². The SMILES string of the molecule is CC(C)(C)C1OC2CCCCCC(CC(C)(C)N3C(=O)c4cccn4C4CCCCCCCC43)CC2n2cccc2C1=O. The van der Waals surface area contributed by atoms with Gasteiger partial charge in [0.15, 0.2) is 0 Å². The van der Waals surface area contributed by atoms with Crippen LogP contribution in [-0.4, -0.2) is 49.5 Å². The second-order valence-electron chi connectivity index (χ2n) is 15.9. The first kappa shape index (κ1) is 30.7. The molecule has 0 spiro atoms. The van der Waals surface area contributed by atoms with Crippen LogP contribution in [0.25, 0.3) is 0 Å². The van der Waals surface area contributed by atoms with Gasteiger partial charge >= 0.3 is 0 Å². The molecule has 4 heterocycles. The van der Waals surface area contributed by atoms with Crippen molar-refractivity contribution < 1.29 is 14.3 Å². The Morgan fingerprint density at radius 2 is 1.30 bits per heavy atom. The first-order chi connectivity index (χ1) is 20.6. The van der Waals surface area contributed by atoms with Crippen LogP contribution in [-0.2, 0) is 4.74 Å². The van der Waals surface area contributed by atoms with Gasteiger partial charge in [0.2, 0.25) is 5.78 Å². The fourth-order valence-corrected chi connectivity index (χ4v) is 9.17. The molecular weight excluding hydrogens is 534 g/mol. The lowest BCUT2D eigenvalue weighted by molar-refractivity contribution is -0.0678. The first-order valence-electron chi connectivity index (χ1n) is 17.4. The van der Waals surface area contributed by atoms with Gasteiger partial charge in [0.05, 0.1) is 29.9 Å². The summed E-state index contributed by atoms with van der Waals surface area (Å²) in [6, 6.07) is 8.88. The average Bonchev–Trinajstić information content (AvgIpc) is 3.63. The highest BCUT2D eigenvalue weighted by Crippen LogP contribution is 2.45. The summed E-state index contributed by atoms with van der Waals surface area (Å²) in [5, 5.41) is 0. The normalized spacial score (nSPS) is 31.1. The predicted octanol–water partition coefficient (Wildman–Crippen LogP) is 8.78. The molecule has 0 aromatic carbocycles. The number of rotatable bonds is 3. The van der Waals surface area contributed by atoms with Gasteiger partial charge in [-0.1, -0.05) is 78.6 Å². The Morgan fingerprint density at radius 3 is 2.02 bits per heavy atom. The number of carbonyl (C=O) groups excluding carboxylic acids is 2. The second kappa shape index (κ2) is 12.2. The number of amides is 1. The van der Waals surface area contributed by atoms with E-state index in [0.717, 1.165) is 56.3 Å². The molecule has 236 valence electrons. The van der Waals surface area contributed by atoms with Gasteiger partial charge in [-0.25, -0.2) is 0 Å². The van der Waals surface area contributed by atoms with Crippen molar-refractivity contribution in [3.8, 4) is 0 Å². The summed E-state index contributed by atoms with van der Waals surface area (Å²) in [6.45, 7) is 11.0. The Bertz CT molecular complexity index is 1280. The fourth-order valence-electron chi connectivity index (χ4n) is 9.17. The van der Waals surface area contributed by atoms with Gasteiger partial charge in [-0.05, 0) is 81.5 Å². The number of hydrogen-bond donors (Lipinski definition) is 0. The van der Waals surface area contributed by atoms with Crippen LogP contribution in [0.5, 0.6) is 0 Å². The highest BCUT2D eigenvalue weighted by molar-refractivity contribution is 5.99. The molecule has 0 bridgehead atoms. The van der Waals surface area contributed by atoms with Crippen molar-refractivity contribution in [1.82, 2.24) is 14.0 Å². The molecule has 6 unspecified atom stereocenters. The molecule has 0 radical (unpaired) electrons. The molecule has 1 amide bonds. The molecule has 6 rings (SSSR count). The number of ether oxygens (including phenoxy) is 1. The maximum absolute atomic E-state index is 14.3. The Kier molecular flexibility index (Phi) is 8.71. The Hall–Kier alpha value is -2.34. The number of fused-ring (bicyclic) bond motifs is 6. The maximum atomic E-state index is 14.3. The Morgan fingerprint density at radius 1 is 0.721 bits per heavy atom. The van der Waals surface area contributed by atoms with Crippen LogP contribution in [0, 0.1) is 11.3 Å². The molecule has 2 saturated carbocycles. The maximum Gasteiger partial charge on any atom is 0.271 e. The third-order valence-corrected chi connectivity index (χ3v) is 11.1. The highest BCUT2D eigenvalue weighted by atomic mass is 16.5. The monoisotopic (exact) mass is 589 g/mol. The summed E-state index contributed by atoms with van der Waals surface area (Å²) >= 11 is 0. The van der Waals surface area contributed by atoms with Crippen LogP contribution in [0.4, 0.5) is 0 Å². The van der Waals surface area contributed by atoms with E-state index in [1.54, 1.807) is 0 Å². The van der Waals surface area contributed by atoms with E-state index >= 15 is 0 Å². The van der Waals surface area contributed by atoms with Crippen LogP contribution >= 0.6 is 0 Å². The summed E-state index contributed by atoms with van der Waals surface area (Å²) in [6.07, 6.45) is 20.0. The molecular formula is C37H55N3O3. The van der Waals surface area contributed by atoms with Crippen molar-refractivity contribution in [3.63, 3.8) is 0 Å². The molecule has 6 heteroatoms. The van der Waals surface area contributed by atoms with E-state index in [0.29, 0.717) is 12.0 Å². The lowest BCUT2D eigenvalue weighted by Gasteiger charge is -2.51. The number of nitrogens with zero attached hydrogens (tertiary/aromatic N) is 3. The zero-order chi connectivity index (χ0) is 30.4. The first-order valence-corrected chi connectivity index (χ1v) is 17.4. The molecule has 2 aliphatic heterocycles. The standard InChI is InChI=1S/C37H55N3O3/c1-36(2,3)34-33(41)29-19-14-23-39(29)31-24-26(16-10-9-13-21-32(31)43-34)25-37(4,5)40-28-18-12-8-6-7-11-17-27(28)38-22-15-20-30(38)35(40)42/h14-15,19-20,22-23,26-28,31-32,34H,6-13,16-18,21,24-25H2,1-5H3. The lowest BCUT2D eigenvalue weighted by atomic mass is 9.79. The molecule has 0 N–H and O–H groups in total. The molecule has 2 fully saturated rings. The molecule has 4 aliphatic rings. The second-order valence-corrected chi connectivity index (χ2v) is 15.9. The van der Waals surface area contributed by atoms with E-state index in [-0.39, 0.29) is 40.8 Å². The predicted molar refractivity (Wildman–Crippen MR) is 172 cm³/mol. The van der Waals surface area contributed by atoms with Gasteiger partial charge in [-0.2, -0.15) is 0 Å². The Labute approximate surface area is 259 Å². The minimum atomic E-state index is -0.436. The molecule has 2 aliphatic carbocycles. The zero-order valence-corrected chi connectivity index (χ0v) is 27.4. The third-order valence-electron chi connectivity index (χ3n) is 11.1. The fraction of sp³-hybridized carbons (Fsp3) is 0.730. The summed E-state index contributed by atoms with van der Waals surface area (Å²) in [4.78, 5) is 30.4. The van der Waals surface area contributed by atoms with E-state index in [1.165, 1.54) is 44.9 Å². The summed E-state index contributed by atoms with van der Waals surface area (Å²) in [5.41, 5.74) is 1.13. The van der Waals surface area contributed by atoms with E-state index in [1.807, 2.05) is 18.2 Å². The lowest BCUT2D eigenvalue weighted by Crippen LogP contribution is -2.59. The van der Waals surface area contributed by atoms with Crippen molar-refractivity contribution >= 4 is 11.7 Å². The minimum Gasteiger partial charge on any atom is -0.364 e. The summed E-state index contributed by atoms with van der Waals surface area (Å²) in [7, 11) is 0. The van der Waals surface area contributed by atoms with Crippen LogP contribution < -0.4 is 0 Å². The van der Waals surface area contributed by atoms with Crippen LogP contribution in [0.1, 0.15) is 158 Å².